The van der Waals surface area contributed by atoms with Crippen LogP contribution in [-0.4, -0.2) is 27.7 Å². The molecule has 0 radical (unpaired) electrons. The molecule has 1 amide bonds. The smallest absolute Gasteiger partial charge is 0.311 e. The lowest BCUT2D eigenvalue weighted by molar-refractivity contribution is -0.385. The molecule has 3 rings (SSSR count). The molecule has 0 bridgehead atoms. The number of methoxy groups -OCH3 is 1. The topological polar surface area (TPSA) is 99.3 Å². The summed E-state index contributed by atoms with van der Waals surface area (Å²) in [5.74, 6) is -0.662. The van der Waals surface area contributed by atoms with Gasteiger partial charge in [-0.05, 0) is 36.8 Å². The van der Waals surface area contributed by atoms with Crippen molar-refractivity contribution in [2.45, 2.75) is 13.5 Å². The summed E-state index contributed by atoms with van der Waals surface area (Å²) in [6.07, 6.45) is 0. The van der Waals surface area contributed by atoms with Gasteiger partial charge in [0.1, 0.15) is 5.82 Å². The lowest BCUT2D eigenvalue weighted by Gasteiger charge is -2.07. The highest BCUT2D eigenvalue weighted by atomic mass is 35.5. The second-order valence-electron chi connectivity index (χ2n) is 6.16. The van der Waals surface area contributed by atoms with Gasteiger partial charge in [-0.15, -0.1) is 0 Å². The summed E-state index contributed by atoms with van der Waals surface area (Å²) in [5, 5.41) is 18.3. The van der Waals surface area contributed by atoms with Gasteiger partial charge in [0.25, 0.3) is 5.91 Å². The first kappa shape index (κ1) is 20.3. The fourth-order valence-corrected chi connectivity index (χ4v) is 2.93. The van der Waals surface area contributed by atoms with E-state index in [-0.39, 0.29) is 34.4 Å². The minimum atomic E-state index is -0.624. The molecule has 8 nitrogen and oxygen atoms in total. The molecular formula is C19H16ClFN4O4. The fourth-order valence-electron chi connectivity index (χ4n) is 2.70. The van der Waals surface area contributed by atoms with Gasteiger partial charge in [0.05, 0.1) is 18.6 Å². The Kier molecular flexibility index (Phi) is 5.79. The van der Waals surface area contributed by atoms with Gasteiger partial charge in [0.15, 0.2) is 11.6 Å². The molecule has 2 aromatic carbocycles. The number of amides is 1. The number of anilines is 1. The molecule has 29 heavy (non-hydrogen) atoms. The zero-order valence-electron chi connectivity index (χ0n) is 15.5. The molecule has 0 aliphatic heterocycles. The molecule has 0 saturated carbocycles. The number of nitrogens with one attached hydrogen (secondary N) is 1. The van der Waals surface area contributed by atoms with Crippen molar-refractivity contribution in [1.82, 2.24) is 9.78 Å². The molecule has 150 valence electrons. The van der Waals surface area contributed by atoms with E-state index in [0.29, 0.717) is 5.56 Å². The number of hydrogen-bond acceptors (Lipinski definition) is 5. The van der Waals surface area contributed by atoms with Crippen LogP contribution in [0.15, 0.2) is 42.5 Å². The van der Waals surface area contributed by atoms with Gasteiger partial charge in [0.2, 0.25) is 0 Å². The van der Waals surface area contributed by atoms with E-state index in [9.17, 15) is 19.3 Å². The predicted octanol–water partition coefficient (Wildman–Crippen LogP) is 4.20. The zero-order chi connectivity index (χ0) is 21.1. The Morgan fingerprint density at radius 2 is 2.07 bits per heavy atom. The Bertz CT molecular complexity index is 1100. The first-order valence-electron chi connectivity index (χ1n) is 8.40. The first-order valence-corrected chi connectivity index (χ1v) is 8.78. The van der Waals surface area contributed by atoms with Gasteiger partial charge in [0, 0.05) is 28.4 Å². The third kappa shape index (κ3) is 4.52. The number of aromatic nitrogens is 2. The summed E-state index contributed by atoms with van der Waals surface area (Å²) in [6.45, 7) is 2.08. The Hall–Kier alpha value is -3.46. The standard InChI is InChI=1S/C19H16ClFN4O4/c1-11-7-18(23-24(11)10-13-3-5-14(21)9-15(13)20)22-19(26)12-4-6-17(29-2)16(8-12)25(27)28/h3-9H,10H2,1-2H3,(H,22,23,26). The number of nitro benzene ring substituents is 1. The van der Waals surface area contributed by atoms with Crippen LogP contribution in [0, 0.1) is 22.9 Å². The normalized spacial score (nSPS) is 10.6. The molecule has 1 N–H and O–H groups in total. The van der Waals surface area contributed by atoms with Crippen molar-refractivity contribution in [2.75, 3.05) is 12.4 Å². The van der Waals surface area contributed by atoms with E-state index in [2.05, 4.69) is 10.4 Å². The number of carbonyl (C=O) groups is 1. The van der Waals surface area contributed by atoms with Gasteiger partial charge in [-0.3, -0.25) is 19.6 Å². The summed E-state index contributed by atoms with van der Waals surface area (Å²) in [6, 6.07) is 9.64. The van der Waals surface area contributed by atoms with Gasteiger partial charge in [-0.25, -0.2) is 4.39 Å². The average Bonchev–Trinajstić information content (AvgIpc) is 3.02. The number of ether oxygens (including phenoxy) is 1. The number of benzene rings is 2. The molecule has 10 heteroatoms. The SMILES string of the molecule is COc1ccc(C(=O)Nc2cc(C)n(Cc3ccc(F)cc3Cl)n2)cc1[N+](=O)[O-]. The van der Waals surface area contributed by atoms with E-state index < -0.39 is 16.6 Å². The first-order chi connectivity index (χ1) is 13.8. The second kappa shape index (κ2) is 8.27. The van der Waals surface area contributed by atoms with Crippen molar-refractivity contribution in [2.24, 2.45) is 0 Å². The number of carbonyl (C=O) groups excluding carboxylic acids is 1. The van der Waals surface area contributed by atoms with E-state index in [1.807, 2.05) is 0 Å². The fraction of sp³-hybridized carbons (Fsp3) is 0.158. The van der Waals surface area contributed by atoms with Crippen LogP contribution in [0.25, 0.3) is 0 Å². The maximum absolute atomic E-state index is 13.2. The second-order valence-corrected chi connectivity index (χ2v) is 6.57. The molecular weight excluding hydrogens is 403 g/mol. The van der Waals surface area contributed by atoms with Crippen LogP contribution < -0.4 is 10.1 Å². The molecule has 0 unspecified atom stereocenters. The third-order valence-electron chi connectivity index (χ3n) is 4.20. The van der Waals surface area contributed by atoms with Crippen molar-refractivity contribution in [3.05, 3.63) is 80.2 Å². The van der Waals surface area contributed by atoms with Crippen LogP contribution in [0.3, 0.4) is 0 Å². The third-order valence-corrected chi connectivity index (χ3v) is 4.55. The molecule has 0 aliphatic carbocycles. The minimum Gasteiger partial charge on any atom is -0.490 e. The van der Waals surface area contributed by atoms with Crippen LogP contribution in [0.2, 0.25) is 5.02 Å². The highest BCUT2D eigenvalue weighted by molar-refractivity contribution is 6.31. The molecule has 0 atom stereocenters. The minimum absolute atomic E-state index is 0.0582. The summed E-state index contributed by atoms with van der Waals surface area (Å²) >= 11 is 6.05. The Labute approximate surface area is 170 Å². The quantitative estimate of drug-likeness (QED) is 0.477. The maximum Gasteiger partial charge on any atom is 0.311 e. The highest BCUT2D eigenvalue weighted by Crippen LogP contribution is 2.28. The van der Waals surface area contributed by atoms with Crippen LogP contribution in [0.1, 0.15) is 21.6 Å². The molecule has 0 saturated heterocycles. The number of nitro groups is 1. The lowest BCUT2D eigenvalue weighted by Crippen LogP contribution is -2.13. The number of rotatable bonds is 6. The van der Waals surface area contributed by atoms with Crippen molar-refractivity contribution in [3.63, 3.8) is 0 Å². The van der Waals surface area contributed by atoms with E-state index in [4.69, 9.17) is 16.3 Å². The Morgan fingerprint density at radius 3 is 2.72 bits per heavy atom. The molecule has 1 aromatic heterocycles. The Balaban J connectivity index is 1.79. The number of halogens is 2. The monoisotopic (exact) mass is 418 g/mol. The summed E-state index contributed by atoms with van der Waals surface area (Å²) in [7, 11) is 1.31. The summed E-state index contributed by atoms with van der Waals surface area (Å²) < 4.78 is 19.7. The van der Waals surface area contributed by atoms with Crippen molar-refractivity contribution in [1.29, 1.82) is 0 Å². The molecule has 0 aliphatic rings. The van der Waals surface area contributed by atoms with Crippen LogP contribution in [-0.2, 0) is 6.54 Å². The number of nitrogens with zero attached hydrogens (tertiary/aromatic N) is 3. The maximum atomic E-state index is 13.2. The van der Waals surface area contributed by atoms with Crippen LogP contribution >= 0.6 is 11.6 Å². The molecule has 0 fully saturated rings. The molecule has 0 spiro atoms. The van der Waals surface area contributed by atoms with Crippen molar-refractivity contribution < 1.29 is 18.8 Å². The zero-order valence-corrected chi connectivity index (χ0v) is 16.2. The van der Waals surface area contributed by atoms with Crippen LogP contribution in [0.4, 0.5) is 15.9 Å². The van der Waals surface area contributed by atoms with Gasteiger partial charge < -0.3 is 10.1 Å². The van der Waals surface area contributed by atoms with E-state index >= 15 is 0 Å². The van der Waals surface area contributed by atoms with Crippen molar-refractivity contribution in [3.8, 4) is 5.75 Å². The van der Waals surface area contributed by atoms with Gasteiger partial charge in [-0.2, -0.15) is 5.10 Å². The van der Waals surface area contributed by atoms with Crippen LogP contribution in [0.5, 0.6) is 5.75 Å². The van der Waals surface area contributed by atoms with Crippen molar-refractivity contribution >= 4 is 29.0 Å². The number of aryl methyl sites for hydroxylation is 1. The number of hydrogen-bond donors (Lipinski definition) is 1. The lowest BCUT2D eigenvalue weighted by atomic mass is 10.1. The summed E-state index contributed by atoms with van der Waals surface area (Å²) in [4.78, 5) is 23.0. The average molecular weight is 419 g/mol. The van der Waals surface area contributed by atoms with Gasteiger partial charge >= 0.3 is 5.69 Å². The highest BCUT2D eigenvalue weighted by Gasteiger charge is 2.19. The Morgan fingerprint density at radius 1 is 1.31 bits per heavy atom. The predicted molar refractivity (Wildman–Crippen MR) is 105 cm³/mol. The van der Waals surface area contributed by atoms with Gasteiger partial charge in [-0.1, -0.05) is 17.7 Å². The largest absolute Gasteiger partial charge is 0.490 e. The van der Waals surface area contributed by atoms with E-state index in [0.717, 1.165) is 11.8 Å². The van der Waals surface area contributed by atoms with E-state index in [1.165, 1.54) is 31.4 Å². The van der Waals surface area contributed by atoms with E-state index in [1.54, 1.807) is 23.7 Å². The molecule has 1 heterocycles. The summed E-state index contributed by atoms with van der Waals surface area (Å²) in [5.41, 5.74) is 1.18. The molecule has 3 aromatic rings.